The lowest BCUT2D eigenvalue weighted by atomic mass is 9.72. The zero-order valence-electron chi connectivity index (χ0n) is 15.1. The summed E-state index contributed by atoms with van der Waals surface area (Å²) in [5, 5.41) is 3.54. The van der Waals surface area contributed by atoms with Gasteiger partial charge in [0.1, 0.15) is 5.82 Å². The summed E-state index contributed by atoms with van der Waals surface area (Å²) in [6.45, 7) is 4.22. The lowest BCUT2D eigenvalue weighted by Gasteiger charge is -2.36. The van der Waals surface area contributed by atoms with Crippen LogP contribution < -0.4 is 5.32 Å². The zero-order valence-corrected chi connectivity index (χ0v) is 15.1. The van der Waals surface area contributed by atoms with Crippen LogP contribution in [-0.4, -0.2) is 11.3 Å². The molecule has 0 amide bonds. The third kappa shape index (κ3) is 2.31. The second kappa shape index (κ2) is 4.96. The van der Waals surface area contributed by atoms with E-state index < -0.39 is 0 Å². The molecule has 2 nitrogen and oxygen atoms in total. The molecule has 25 heavy (non-hydrogen) atoms. The van der Waals surface area contributed by atoms with Crippen molar-refractivity contribution in [1.29, 1.82) is 0 Å². The van der Waals surface area contributed by atoms with Crippen molar-refractivity contribution in [1.82, 2.24) is 5.32 Å². The molecule has 0 aromatic heterocycles. The number of hydrogen-bond donors (Lipinski definition) is 1. The van der Waals surface area contributed by atoms with Crippen LogP contribution in [0.5, 0.6) is 0 Å². The maximum Gasteiger partial charge on any atom is 0.164 e. The van der Waals surface area contributed by atoms with Crippen molar-refractivity contribution in [2.75, 3.05) is 0 Å². The van der Waals surface area contributed by atoms with Gasteiger partial charge in [0.05, 0.1) is 0 Å². The molecule has 2 unspecified atom stereocenters. The SMILES string of the molecule is CC1(C)Cc2cc(F)ccc2/C(=C/C(=O)C23CC4CC(CC2C4)C3)N1. The summed E-state index contributed by atoms with van der Waals surface area (Å²) in [5.74, 6) is 2.27. The van der Waals surface area contributed by atoms with Gasteiger partial charge in [0.15, 0.2) is 5.78 Å². The summed E-state index contributed by atoms with van der Waals surface area (Å²) in [4.78, 5) is 13.4. The Morgan fingerprint density at radius 2 is 1.92 bits per heavy atom. The van der Waals surface area contributed by atoms with Gasteiger partial charge in [-0.15, -0.1) is 0 Å². The molecule has 2 atom stereocenters. The summed E-state index contributed by atoms with van der Waals surface area (Å²) in [5.41, 5.74) is 2.61. The number of allylic oxidation sites excluding steroid dienone is 1. The maximum absolute atomic E-state index is 13.7. The van der Waals surface area contributed by atoms with Crippen LogP contribution >= 0.6 is 0 Å². The van der Waals surface area contributed by atoms with Crippen molar-refractivity contribution in [3.05, 3.63) is 41.2 Å². The molecule has 1 heterocycles. The first kappa shape index (κ1) is 15.6. The highest BCUT2D eigenvalue weighted by molar-refractivity contribution is 6.01. The van der Waals surface area contributed by atoms with Crippen molar-refractivity contribution >= 4 is 11.5 Å². The maximum atomic E-state index is 13.7. The monoisotopic (exact) mass is 339 g/mol. The van der Waals surface area contributed by atoms with Crippen molar-refractivity contribution < 1.29 is 9.18 Å². The fourth-order valence-electron chi connectivity index (χ4n) is 6.51. The highest BCUT2D eigenvalue weighted by Crippen LogP contribution is 2.65. The number of carbonyl (C=O) groups is 1. The van der Waals surface area contributed by atoms with Crippen molar-refractivity contribution in [2.24, 2.45) is 23.2 Å². The molecule has 0 spiro atoms. The molecule has 4 fully saturated rings. The van der Waals surface area contributed by atoms with E-state index in [1.54, 1.807) is 6.07 Å². The first-order valence-electron chi connectivity index (χ1n) is 9.68. The number of ketones is 1. The number of halogens is 1. The standard InChI is InChI=1S/C22H26FNO/c1-21(2)12-15-8-17(23)3-4-18(15)19(24-21)9-20(25)22-10-13-5-14(11-22)7-16(22)6-13/h3-4,8-9,13-14,16,24H,5-7,10-12H2,1-2H3/b19-9-. The Balaban J connectivity index is 1.54. The number of carbonyl (C=O) groups excluding carboxylic acids is 1. The topological polar surface area (TPSA) is 29.1 Å². The molecule has 1 N–H and O–H groups in total. The fourth-order valence-corrected chi connectivity index (χ4v) is 6.51. The molecule has 4 saturated carbocycles. The first-order chi connectivity index (χ1) is 11.8. The van der Waals surface area contributed by atoms with E-state index in [9.17, 15) is 9.18 Å². The Hall–Kier alpha value is -1.64. The Morgan fingerprint density at radius 3 is 2.64 bits per heavy atom. The summed E-state index contributed by atoms with van der Waals surface area (Å²) < 4.78 is 13.7. The largest absolute Gasteiger partial charge is 0.379 e. The van der Waals surface area contributed by atoms with Crippen LogP contribution in [0.1, 0.15) is 57.1 Å². The number of benzene rings is 1. The van der Waals surface area contributed by atoms with Gasteiger partial charge in [0, 0.05) is 28.3 Å². The van der Waals surface area contributed by atoms with E-state index in [2.05, 4.69) is 19.2 Å². The number of fused-ring (bicyclic) bond motifs is 1. The van der Waals surface area contributed by atoms with Crippen molar-refractivity contribution in [3.8, 4) is 0 Å². The van der Waals surface area contributed by atoms with Gasteiger partial charge in [-0.05, 0) is 93.9 Å². The fraction of sp³-hybridized carbons (Fsp3) is 0.591. The Bertz CT molecular complexity index is 779. The van der Waals surface area contributed by atoms with Crippen LogP contribution in [0.15, 0.2) is 24.3 Å². The number of hydrogen-bond acceptors (Lipinski definition) is 2. The number of nitrogens with one attached hydrogen (secondary N) is 1. The minimum Gasteiger partial charge on any atom is -0.379 e. The van der Waals surface area contributed by atoms with Gasteiger partial charge in [-0.3, -0.25) is 4.79 Å². The number of rotatable bonds is 2. The summed E-state index contributed by atoms with van der Waals surface area (Å²) in [7, 11) is 0. The molecule has 5 aliphatic rings. The molecule has 4 aliphatic carbocycles. The van der Waals surface area contributed by atoms with E-state index in [-0.39, 0.29) is 16.8 Å². The van der Waals surface area contributed by atoms with Crippen LogP contribution in [0.2, 0.25) is 0 Å². The van der Waals surface area contributed by atoms with Crippen molar-refractivity contribution in [3.63, 3.8) is 0 Å². The van der Waals surface area contributed by atoms with E-state index >= 15 is 0 Å². The summed E-state index contributed by atoms with van der Waals surface area (Å²) in [6, 6.07) is 4.94. The second-order valence-electron chi connectivity index (χ2n) is 9.61. The lowest BCUT2D eigenvalue weighted by molar-refractivity contribution is -0.125. The average Bonchev–Trinajstić information content (AvgIpc) is 2.91. The third-order valence-electron chi connectivity index (χ3n) is 7.22. The lowest BCUT2D eigenvalue weighted by Crippen LogP contribution is -2.44. The second-order valence-corrected chi connectivity index (χ2v) is 9.61. The van der Waals surface area contributed by atoms with Crippen LogP contribution in [0.25, 0.3) is 5.70 Å². The molecule has 6 rings (SSSR count). The smallest absolute Gasteiger partial charge is 0.164 e. The van der Waals surface area contributed by atoms with Gasteiger partial charge in [0.2, 0.25) is 0 Å². The van der Waals surface area contributed by atoms with Gasteiger partial charge in [-0.2, -0.15) is 0 Å². The molecule has 0 saturated heterocycles. The normalized spacial score (nSPS) is 38.7. The molecule has 4 bridgehead atoms. The van der Waals surface area contributed by atoms with Crippen LogP contribution in [0.3, 0.4) is 0 Å². The van der Waals surface area contributed by atoms with Gasteiger partial charge < -0.3 is 5.32 Å². The highest BCUT2D eigenvalue weighted by atomic mass is 19.1. The quantitative estimate of drug-likeness (QED) is 0.805. The minimum atomic E-state index is -0.201. The van der Waals surface area contributed by atoms with Crippen LogP contribution in [0.4, 0.5) is 4.39 Å². The van der Waals surface area contributed by atoms with Gasteiger partial charge >= 0.3 is 0 Å². The predicted octanol–water partition coefficient (Wildman–Crippen LogP) is 4.49. The molecule has 0 radical (unpaired) electrons. The van der Waals surface area contributed by atoms with E-state index in [1.165, 1.54) is 25.3 Å². The van der Waals surface area contributed by atoms with Gasteiger partial charge in [-0.25, -0.2) is 4.39 Å². The van der Waals surface area contributed by atoms with E-state index in [0.29, 0.717) is 11.7 Å². The molecule has 1 aromatic rings. The Kier molecular flexibility index (Phi) is 3.09. The summed E-state index contributed by atoms with van der Waals surface area (Å²) >= 11 is 0. The van der Waals surface area contributed by atoms with E-state index in [4.69, 9.17) is 0 Å². The highest BCUT2D eigenvalue weighted by Gasteiger charge is 2.60. The zero-order chi connectivity index (χ0) is 17.4. The van der Waals surface area contributed by atoms with Gasteiger partial charge in [-0.1, -0.05) is 0 Å². The molecule has 1 aromatic carbocycles. The van der Waals surface area contributed by atoms with Gasteiger partial charge in [0.25, 0.3) is 0 Å². The molecular weight excluding hydrogens is 313 g/mol. The Labute approximate surface area is 148 Å². The molecule has 1 aliphatic heterocycles. The van der Waals surface area contributed by atoms with E-state index in [1.807, 2.05) is 12.1 Å². The minimum absolute atomic E-state index is 0.0932. The molecular formula is C22H26FNO. The van der Waals surface area contributed by atoms with Crippen LogP contribution in [-0.2, 0) is 11.2 Å². The average molecular weight is 339 g/mol. The molecule has 132 valence electrons. The third-order valence-corrected chi connectivity index (χ3v) is 7.22. The molecule has 3 heteroatoms. The first-order valence-corrected chi connectivity index (χ1v) is 9.68. The Morgan fingerprint density at radius 1 is 1.20 bits per heavy atom. The van der Waals surface area contributed by atoms with Crippen molar-refractivity contribution in [2.45, 2.75) is 57.9 Å². The summed E-state index contributed by atoms with van der Waals surface area (Å²) in [6.07, 6.45) is 8.67. The predicted molar refractivity (Wildman–Crippen MR) is 96.3 cm³/mol. The van der Waals surface area contributed by atoms with Crippen LogP contribution in [0, 0.1) is 29.0 Å². The van der Waals surface area contributed by atoms with E-state index in [0.717, 1.165) is 47.9 Å².